The number of carbonyl (C=O) groups is 1. The van der Waals surface area contributed by atoms with Crippen molar-refractivity contribution in [3.63, 3.8) is 0 Å². The summed E-state index contributed by atoms with van der Waals surface area (Å²) in [6.45, 7) is -1.74. The maximum absolute atomic E-state index is 12.7. The van der Waals surface area contributed by atoms with Gasteiger partial charge in [-0.05, 0) is 17.7 Å². The highest BCUT2D eigenvalue weighted by atomic mass is 19.3. The van der Waals surface area contributed by atoms with Gasteiger partial charge in [-0.25, -0.2) is 13.6 Å². The summed E-state index contributed by atoms with van der Waals surface area (Å²) < 4.78 is 25.3. The molecule has 0 bridgehead atoms. The van der Waals surface area contributed by atoms with Crippen LogP contribution in [-0.4, -0.2) is 35.3 Å². The highest BCUT2D eigenvalue weighted by Crippen LogP contribution is 2.11. The Kier molecular flexibility index (Phi) is 4.53. The molecule has 0 heterocycles. The van der Waals surface area contributed by atoms with Crippen molar-refractivity contribution in [1.82, 2.24) is 5.32 Å². The first-order valence-corrected chi connectivity index (χ1v) is 4.96. The van der Waals surface area contributed by atoms with E-state index >= 15 is 0 Å². The van der Waals surface area contributed by atoms with Gasteiger partial charge in [-0.2, -0.15) is 0 Å². The Morgan fingerprint density at radius 3 is 2.71 bits per heavy atom. The van der Waals surface area contributed by atoms with Crippen molar-refractivity contribution in [3.8, 4) is 0 Å². The first kappa shape index (κ1) is 13.5. The van der Waals surface area contributed by atoms with Gasteiger partial charge in [-0.3, -0.25) is 0 Å². The summed E-state index contributed by atoms with van der Waals surface area (Å²) in [5.41, 5.74) is 0.705. The standard InChI is InChI=1S/C11H13F2NO3/c12-11(13,7-15)6-14-5-8-2-1-3-9(4-8)10(16)17/h1-4,14-15H,5-7H2,(H,16,17). The van der Waals surface area contributed by atoms with Crippen LogP contribution < -0.4 is 5.32 Å². The fraction of sp³-hybridized carbons (Fsp3) is 0.364. The molecule has 0 saturated heterocycles. The Hall–Kier alpha value is -1.53. The summed E-state index contributed by atoms with van der Waals surface area (Å²) in [6, 6.07) is 6.02. The molecule has 0 amide bonds. The van der Waals surface area contributed by atoms with E-state index in [-0.39, 0.29) is 12.1 Å². The smallest absolute Gasteiger partial charge is 0.335 e. The summed E-state index contributed by atoms with van der Waals surface area (Å²) >= 11 is 0. The van der Waals surface area contributed by atoms with Gasteiger partial charge in [0.15, 0.2) is 0 Å². The molecule has 94 valence electrons. The molecule has 3 N–H and O–H groups in total. The van der Waals surface area contributed by atoms with Crippen molar-refractivity contribution in [2.24, 2.45) is 0 Å². The molecule has 0 fully saturated rings. The third kappa shape index (κ3) is 4.46. The van der Waals surface area contributed by atoms with Crippen LogP contribution in [0.5, 0.6) is 0 Å². The van der Waals surface area contributed by atoms with Crippen LogP contribution in [0.4, 0.5) is 8.78 Å². The van der Waals surface area contributed by atoms with Crippen molar-refractivity contribution >= 4 is 5.97 Å². The van der Waals surface area contributed by atoms with E-state index in [9.17, 15) is 13.6 Å². The third-order valence-corrected chi connectivity index (χ3v) is 2.12. The minimum Gasteiger partial charge on any atom is -0.478 e. The summed E-state index contributed by atoms with van der Waals surface area (Å²) in [7, 11) is 0. The normalized spacial score (nSPS) is 11.5. The van der Waals surface area contributed by atoms with E-state index in [0.29, 0.717) is 5.56 Å². The van der Waals surface area contributed by atoms with E-state index in [2.05, 4.69) is 5.32 Å². The Morgan fingerprint density at radius 1 is 1.41 bits per heavy atom. The molecule has 0 aliphatic rings. The third-order valence-electron chi connectivity index (χ3n) is 2.12. The molecule has 4 nitrogen and oxygen atoms in total. The van der Waals surface area contributed by atoms with E-state index < -0.39 is 25.0 Å². The van der Waals surface area contributed by atoms with Crippen molar-refractivity contribution in [2.45, 2.75) is 12.5 Å². The Morgan fingerprint density at radius 2 is 2.12 bits per heavy atom. The number of aliphatic hydroxyl groups excluding tert-OH is 1. The molecular formula is C11H13F2NO3. The van der Waals surface area contributed by atoms with Gasteiger partial charge in [0.05, 0.1) is 12.1 Å². The summed E-state index contributed by atoms with van der Waals surface area (Å²) in [5, 5.41) is 19.5. The van der Waals surface area contributed by atoms with Crippen molar-refractivity contribution < 1.29 is 23.8 Å². The molecule has 17 heavy (non-hydrogen) atoms. The van der Waals surface area contributed by atoms with Gasteiger partial charge in [0.1, 0.15) is 6.61 Å². The van der Waals surface area contributed by atoms with Crippen LogP contribution in [0.15, 0.2) is 24.3 Å². The van der Waals surface area contributed by atoms with E-state index in [4.69, 9.17) is 10.2 Å². The number of aromatic carboxylic acids is 1. The van der Waals surface area contributed by atoms with Crippen molar-refractivity contribution in [3.05, 3.63) is 35.4 Å². The molecule has 1 aromatic carbocycles. The molecule has 0 aliphatic heterocycles. The van der Waals surface area contributed by atoms with Gasteiger partial charge < -0.3 is 15.5 Å². The number of benzene rings is 1. The summed E-state index contributed by atoms with van der Waals surface area (Å²) in [4.78, 5) is 10.7. The largest absolute Gasteiger partial charge is 0.478 e. The number of carboxylic acid groups (broad SMARTS) is 1. The Labute approximate surface area is 96.9 Å². The predicted molar refractivity (Wildman–Crippen MR) is 57.1 cm³/mol. The molecule has 0 atom stereocenters. The fourth-order valence-electron chi connectivity index (χ4n) is 1.26. The average Bonchev–Trinajstić information content (AvgIpc) is 2.29. The second kappa shape index (κ2) is 5.70. The molecule has 0 aromatic heterocycles. The predicted octanol–water partition coefficient (Wildman–Crippen LogP) is 1.10. The number of alkyl halides is 2. The summed E-state index contributed by atoms with van der Waals surface area (Å²) in [6.07, 6.45) is 0. The number of hydrogen-bond acceptors (Lipinski definition) is 3. The first-order chi connectivity index (χ1) is 7.94. The maximum atomic E-state index is 12.7. The lowest BCUT2D eigenvalue weighted by Crippen LogP contribution is -2.35. The highest BCUT2D eigenvalue weighted by Gasteiger charge is 2.26. The molecule has 0 radical (unpaired) electrons. The monoisotopic (exact) mass is 245 g/mol. The van der Waals surface area contributed by atoms with Crippen LogP contribution in [0.25, 0.3) is 0 Å². The zero-order chi connectivity index (χ0) is 12.9. The Bertz CT molecular complexity index is 396. The molecule has 0 aliphatic carbocycles. The maximum Gasteiger partial charge on any atom is 0.335 e. The molecule has 6 heteroatoms. The van der Waals surface area contributed by atoms with Crippen LogP contribution in [0.3, 0.4) is 0 Å². The van der Waals surface area contributed by atoms with Gasteiger partial charge in [0.2, 0.25) is 0 Å². The lowest BCUT2D eigenvalue weighted by Gasteiger charge is -2.13. The molecule has 0 spiro atoms. The van der Waals surface area contributed by atoms with Gasteiger partial charge in [0.25, 0.3) is 5.92 Å². The van der Waals surface area contributed by atoms with Gasteiger partial charge in [-0.15, -0.1) is 0 Å². The highest BCUT2D eigenvalue weighted by molar-refractivity contribution is 5.87. The number of halogens is 2. The zero-order valence-corrected chi connectivity index (χ0v) is 8.99. The van der Waals surface area contributed by atoms with Gasteiger partial charge in [0, 0.05) is 6.54 Å². The van der Waals surface area contributed by atoms with Gasteiger partial charge >= 0.3 is 5.97 Å². The van der Waals surface area contributed by atoms with Crippen LogP contribution in [-0.2, 0) is 6.54 Å². The molecule has 0 saturated carbocycles. The number of rotatable bonds is 6. The molecule has 1 aromatic rings. The molecular weight excluding hydrogens is 232 g/mol. The summed E-state index contributed by atoms with van der Waals surface area (Å²) in [5.74, 6) is -4.22. The number of aliphatic hydroxyl groups is 1. The minimum atomic E-state index is -3.16. The van der Waals surface area contributed by atoms with E-state index in [1.165, 1.54) is 12.1 Å². The second-order valence-corrected chi connectivity index (χ2v) is 3.62. The van der Waals surface area contributed by atoms with Crippen LogP contribution >= 0.6 is 0 Å². The number of nitrogens with one attached hydrogen (secondary N) is 1. The second-order valence-electron chi connectivity index (χ2n) is 3.62. The van der Waals surface area contributed by atoms with E-state index in [1.54, 1.807) is 12.1 Å². The Balaban J connectivity index is 2.52. The van der Waals surface area contributed by atoms with Crippen LogP contribution in [0.2, 0.25) is 0 Å². The van der Waals surface area contributed by atoms with Crippen molar-refractivity contribution in [1.29, 1.82) is 0 Å². The topological polar surface area (TPSA) is 69.6 Å². The fourth-order valence-corrected chi connectivity index (χ4v) is 1.26. The lowest BCUT2D eigenvalue weighted by molar-refractivity contribution is -0.0477. The van der Waals surface area contributed by atoms with E-state index in [0.717, 1.165) is 0 Å². The molecule has 0 unspecified atom stereocenters. The number of hydrogen-bond donors (Lipinski definition) is 3. The lowest BCUT2D eigenvalue weighted by atomic mass is 10.1. The van der Waals surface area contributed by atoms with Crippen molar-refractivity contribution in [2.75, 3.05) is 13.2 Å². The van der Waals surface area contributed by atoms with Gasteiger partial charge in [-0.1, -0.05) is 12.1 Å². The zero-order valence-electron chi connectivity index (χ0n) is 8.99. The quantitative estimate of drug-likeness (QED) is 0.702. The van der Waals surface area contributed by atoms with Crippen LogP contribution in [0, 0.1) is 0 Å². The molecule has 1 rings (SSSR count). The SMILES string of the molecule is O=C(O)c1cccc(CNCC(F)(F)CO)c1. The first-order valence-electron chi connectivity index (χ1n) is 4.96. The number of carboxylic acids is 1. The minimum absolute atomic E-state index is 0.109. The average molecular weight is 245 g/mol. The van der Waals surface area contributed by atoms with Crippen LogP contribution in [0.1, 0.15) is 15.9 Å². The van der Waals surface area contributed by atoms with E-state index in [1.807, 2.05) is 0 Å².